The molecular weight excluding hydrogens is 375 g/mol. The SMILES string of the molecule is C[CH-]CO[PH](=N)OCC.[U]. The van der Waals surface area contributed by atoms with Gasteiger partial charge in [0, 0.05) is 31.1 Å². The first kappa shape index (κ1) is 13.8. The van der Waals surface area contributed by atoms with Gasteiger partial charge in [-0.3, -0.25) is 5.16 Å². The van der Waals surface area contributed by atoms with Crippen LogP contribution in [0.2, 0.25) is 0 Å². The van der Waals surface area contributed by atoms with Crippen LogP contribution in [0.5, 0.6) is 0 Å². The summed E-state index contributed by atoms with van der Waals surface area (Å²) >= 11 is 0. The van der Waals surface area contributed by atoms with Crippen molar-refractivity contribution in [3.63, 3.8) is 0 Å². The van der Waals surface area contributed by atoms with Crippen LogP contribution in [0.1, 0.15) is 13.8 Å². The Labute approximate surface area is 86.7 Å². The predicted molar refractivity (Wildman–Crippen MR) is 38.6 cm³/mol. The van der Waals surface area contributed by atoms with Crippen LogP contribution < -0.4 is 0 Å². The molecule has 0 spiro atoms. The molecule has 0 fully saturated rings. The maximum Gasteiger partial charge on any atom is 0.194 e. The molecular formula is C5H13NO2PU-. The summed E-state index contributed by atoms with van der Waals surface area (Å²) in [6, 6.07) is 0. The smallest absolute Gasteiger partial charge is 0.194 e. The minimum Gasteiger partial charge on any atom is -0.359 e. The van der Waals surface area contributed by atoms with Gasteiger partial charge < -0.3 is 15.5 Å². The molecule has 0 bridgehead atoms. The quantitative estimate of drug-likeness (QED) is 0.579. The zero-order valence-electron chi connectivity index (χ0n) is 6.31. The van der Waals surface area contributed by atoms with Gasteiger partial charge in [0.1, 0.15) is 0 Å². The topological polar surface area (TPSA) is 42.3 Å². The molecule has 1 N–H and O–H groups in total. The monoisotopic (exact) mass is 388 g/mol. The molecule has 0 aromatic heterocycles. The van der Waals surface area contributed by atoms with E-state index in [-0.39, 0.29) is 31.1 Å². The maximum atomic E-state index is 7.11. The molecule has 1 atom stereocenters. The molecule has 0 aliphatic carbocycles. The summed E-state index contributed by atoms with van der Waals surface area (Å²) in [4.78, 5) is 0. The summed E-state index contributed by atoms with van der Waals surface area (Å²) in [5, 5.41) is 7.11. The van der Waals surface area contributed by atoms with E-state index in [2.05, 4.69) is 0 Å². The van der Waals surface area contributed by atoms with Gasteiger partial charge in [-0.15, -0.1) is 0 Å². The minimum atomic E-state index is -1.68. The summed E-state index contributed by atoms with van der Waals surface area (Å²) in [5.74, 6) is 0. The van der Waals surface area contributed by atoms with Gasteiger partial charge in [0.05, 0.1) is 6.61 Å². The third-order valence-corrected chi connectivity index (χ3v) is 1.64. The van der Waals surface area contributed by atoms with Gasteiger partial charge >= 0.3 is 0 Å². The Bertz CT molecular complexity index is 91.7. The van der Waals surface area contributed by atoms with E-state index in [0.717, 1.165) is 0 Å². The predicted octanol–water partition coefficient (Wildman–Crippen LogP) is 2.07. The van der Waals surface area contributed by atoms with Gasteiger partial charge in [-0.25, -0.2) is 0 Å². The first-order valence-corrected chi connectivity index (χ1v) is 4.24. The second-order valence-electron chi connectivity index (χ2n) is 1.44. The van der Waals surface area contributed by atoms with E-state index in [1.54, 1.807) is 0 Å². The van der Waals surface area contributed by atoms with Crippen molar-refractivity contribution < 1.29 is 40.2 Å². The second-order valence-corrected chi connectivity index (χ2v) is 2.59. The number of hydrogen-bond donors (Lipinski definition) is 1. The Kier molecular flexibility index (Phi) is 14.0. The van der Waals surface area contributed by atoms with Crippen molar-refractivity contribution in [3.8, 4) is 0 Å². The second kappa shape index (κ2) is 10.2. The number of rotatable bonds is 5. The fraction of sp³-hybridized carbons (Fsp3) is 0.800. The zero-order chi connectivity index (χ0) is 7.11. The molecule has 0 radical (unpaired) electrons. The van der Waals surface area contributed by atoms with E-state index in [9.17, 15) is 0 Å². The summed E-state index contributed by atoms with van der Waals surface area (Å²) in [6.45, 7) is 4.85. The van der Waals surface area contributed by atoms with Gasteiger partial charge in [0.15, 0.2) is 8.17 Å². The van der Waals surface area contributed by atoms with Crippen molar-refractivity contribution in [2.75, 3.05) is 13.2 Å². The average Bonchev–Trinajstić information content (AvgIpc) is 1.85. The van der Waals surface area contributed by atoms with Crippen LogP contribution in [0, 0.1) is 42.7 Å². The molecule has 5 heteroatoms. The van der Waals surface area contributed by atoms with E-state index >= 15 is 0 Å². The fourth-order valence-electron chi connectivity index (χ4n) is 0.332. The van der Waals surface area contributed by atoms with Crippen molar-refractivity contribution in [1.29, 1.82) is 5.16 Å². The summed E-state index contributed by atoms with van der Waals surface area (Å²) < 4.78 is 9.79. The van der Waals surface area contributed by atoms with Crippen molar-refractivity contribution >= 4 is 8.17 Å². The molecule has 0 aliphatic heterocycles. The first-order chi connectivity index (χ1) is 4.31. The third kappa shape index (κ3) is 9.20. The average molecular weight is 388 g/mol. The summed E-state index contributed by atoms with van der Waals surface area (Å²) in [5.41, 5.74) is 0. The Morgan fingerprint density at radius 3 is 2.50 bits per heavy atom. The molecule has 10 heavy (non-hydrogen) atoms. The molecule has 0 aromatic rings. The van der Waals surface area contributed by atoms with Gasteiger partial charge in [-0.05, 0) is 6.92 Å². The normalized spacial score (nSPS) is 12.2. The van der Waals surface area contributed by atoms with Crippen LogP contribution in [0.3, 0.4) is 0 Å². The van der Waals surface area contributed by atoms with E-state index in [1.807, 2.05) is 20.3 Å². The molecule has 0 saturated heterocycles. The van der Waals surface area contributed by atoms with Crippen molar-refractivity contribution in [1.82, 2.24) is 0 Å². The van der Waals surface area contributed by atoms with E-state index < -0.39 is 8.17 Å². The van der Waals surface area contributed by atoms with Crippen molar-refractivity contribution in [2.45, 2.75) is 13.8 Å². The van der Waals surface area contributed by atoms with Crippen LogP contribution in [0.4, 0.5) is 0 Å². The number of hydrogen-bond acceptors (Lipinski definition) is 3. The van der Waals surface area contributed by atoms with Gasteiger partial charge in [0.25, 0.3) is 0 Å². The minimum absolute atomic E-state index is 0. The molecule has 0 heterocycles. The molecule has 3 nitrogen and oxygen atoms in total. The largest absolute Gasteiger partial charge is 0.359 e. The van der Waals surface area contributed by atoms with Crippen molar-refractivity contribution in [2.24, 2.45) is 0 Å². The standard InChI is InChI=1S/C5H13NO2P.U/c1-3-5-8-9(6)7-4-2;/h3,6,9H,4-5H2,1-2H3;/q-1;. The van der Waals surface area contributed by atoms with Crippen LogP contribution >= 0.6 is 8.17 Å². The Morgan fingerprint density at radius 2 is 2.10 bits per heavy atom. The Hall–Kier alpha value is 1.20. The Morgan fingerprint density at radius 1 is 1.50 bits per heavy atom. The van der Waals surface area contributed by atoms with Gasteiger partial charge in [0.2, 0.25) is 0 Å². The molecule has 0 aromatic carbocycles. The van der Waals surface area contributed by atoms with Crippen LogP contribution in [-0.4, -0.2) is 13.2 Å². The number of nitrogens with one attached hydrogen (secondary N) is 1. The maximum absolute atomic E-state index is 7.11. The van der Waals surface area contributed by atoms with Crippen LogP contribution in [-0.2, 0) is 9.05 Å². The van der Waals surface area contributed by atoms with Gasteiger partial charge in [-0.2, -0.15) is 6.92 Å². The third-order valence-electron chi connectivity index (χ3n) is 0.657. The van der Waals surface area contributed by atoms with Crippen LogP contribution in [0.25, 0.3) is 0 Å². The Balaban J connectivity index is 0. The summed E-state index contributed by atoms with van der Waals surface area (Å²) in [7, 11) is -1.68. The van der Waals surface area contributed by atoms with Gasteiger partial charge in [-0.1, -0.05) is 6.61 Å². The molecule has 0 amide bonds. The van der Waals surface area contributed by atoms with E-state index in [4.69, 9.17) is 14.2 Å². The van der Waals surface area contributed by atoms with Crippen LogP contribution in [0.15, 0.2) is 0 Å². The molecule has 0 aliphatic rings. The van der Waals surface area contributed by atoms with E-state index in [1.165, 1.54) is 0 Å². The van der Waals surface area contributed by atoms with E-state index in [0.29, 0.717) is 13.2 Å². The molecule has 60 valence electrons. The molecule has 0 rings (SSSR count). The zero-order valence-corrected chi connectivity index (χ0v) is 11.5. The summed E-state index contributed by atoms with van der Waals surface area (Å²) in [6.07, 6.45) is 1.86. The molecule has 1 unspecified atom stereocenters. The van der Waals surface area contributed by atoms with Crippen molar-refractivity contribution in [3.05, 3.63) is 6.42 Å². The first-order valence-electron chi connectivity index (χ1n) is 2.93. The fourth-order valence-corrected chi connectivity index (χ4v) is 0.995. The molecule has 0 saturated carbocycles.